The number of carbonyl (C=O) groups is 2. The number of nitrogens with one attached hydrogen (secondary N) is 1. The lowest BCUT2D eigenvalue weighted by Gasteiger charge is -2.29. The molecule has 0 aliphatic carbocycles. The van der Waals surface area contributed by atoms with Crippen LogP contribution in [-0.4, -0.2) is 47.6 Å². The van der Waals surface area contributed by atoms with Crippen LogP contribution in [0.4, 0.5) is 0 Å². The Morgan fingerprint density at radius 1 is 1.62 bits per heavy atom. The Labute approximate surface area is 76.7 Å². The summed E-state index contributed by atoms with van der Waals surface area (Å²) in [4.78, 5) is 23.8. The van der Waals surface area contributed by atoms with Crippen LogP contribution in [0.15, 0.2) is 0 Å². The second-order valence-corrected chi connectivity index (χ2v) is 3.06. The van der Waals surface area contributed by atoms with E-state index in [0.717, 1.165) is 0 Å². The van der Waals surface area contributed by atoms with E-state index in [1.807, 2.05) is 0 Å². The summed E-state index contributed by atoms with van der Waals surface area (Å²) in [6.07, 6.45) is 0.449. The third kappa shape index (κ3) is 2.26. The third-order valence-corrected chi connectivity index (χ3v) is 2.04. The molecule has 0 bridgehead atoms. The molecule has 1 aliphatic heterocycles. The quantitative estimate of drug-likeness (QED) is 0.538. The molecule has 1 rings (SSSR count). The summed E-state index contributed by atoms with van der Waals surface area (Å²) in [6, 6.07) is -0.295. The first-order valence-corrected chi connectivity index (χ1v) is 4.35. The van der Waals surface area contributed by atoms with Crippen molar-refractivity contribution in [1.29, 1.82) is 0 Å². The van der Waals surface area contributed by atoms with Gasteiger partial charge in [0.2, 0.25) is 11.8 Å². The minimum Gasteiger partial charge on any atom is -0.396 e. The van der Waals surface area contributed by atoms with Crippen LogP contribution >= 0.6 is 0 Å². The molecule has 1 fully saturated rings. The average Bonchev–Trinajstić information content (AvgIpc) is 2.12. The maximum Gasteiger partial charge on any atom is 0.246 e. The molecule has 5 nitrogen and oxygen atoms in total. The third-order valence-electron chi connectivity index (χ3n) is 2.04. The van der Waals surface area contributed by atoms with Crippen LogP contribution in [0.5, 0.6) is 0 Å². The van der Waals surface area contributed by atoms with Gasteiger partial charge in [0.1, 0.15) is 0 Å². The minimum atomic E-state index is -0.295. The van der Waals surface area contributed by atoms with Crippen LogP contribution in [0.25, 0.3) is 0 Å². The number of imide groups is 1. The second kappa shape index (κ2) is 4.34. The number of nitrogens with zero attached hydrogens (tertiary/aromatic N) is 1. The van der Waals surface area contributed by atoms with Crippen molar-refractivity contribution in [3.05, 3.63) is 0 Å². The average molecular weight is 186 g/mol. The molecular weight excluding hydrogens is 172 g/mol. The molecule has 13 heavy (non-hydrogen) atoms. The number of carbonyl (C=O) groups excluding carboxylic acids is 2. The highest BCUT2D eigenvalue weighted by molar-refractivity contribution is 6.00. The predicted molar refractivity (Wildman–Crippen MR) is 45.9 cm³/mol. The van der Waals surface area contributed by atoms with Gasteiger partial charge in [-0.05, 0) is 13.3 Å². The highest BCUT2D eigenvalue weighted by Crippen LogP contribution is 2.02. The highest BCUT2D eigenvalue weighted by atomic mass is 16.3. The molecule has 0 aromatic heterocycles. The lowest BCUT2D eigenvalue weighted by atomic mass is 10.2. The zero-order chi connectivity index (χ0) is 9.84. The van der Waals surface area contributed by atoms with Crippen LogP contribution in [0, 0.1) is 0 Å². The van der Waals surface area contributed by atoms with Crippen molar-refractivity contribution in [1.82, 2.24) is 10.2 Å². The maximum absolute atomic E-state index is 11.4. The lowest BCUT2D eigenvalue weighted by Crippen LogP contribution is -2.57. The first-order chi connectivity index (χ1) is 6.16. The fraction of sp³-hybridized carbons (Fsp3) is 0.750. The Morgan fingerprint density at radius 3 is 2.92 bits per heavy atom. The summed E-state index contributed by atoms with van der Waals surface area (Å²) in [7, 11) is 0. The van der Waals surface area contributed by atoms with Gasteiger partial charge < -0.3 is 5.11 Å². The van der Waals surface area contributed by atoms with Crippen molar-refractivity contribution in [2.24, 2.45) is 0 Å². The molecule has 0 radical (unpaired) electrons. The van der Waals surface area contributed by atoms with Gasteiger partial charge in [0.05, 0.1) is 12.6 Å². The normalized spacial score (nSPS) is 23.8. The number of aliphatic hydroxyl groups excluding tert-OH is 1. The van der Waals surface area contributed by atoms with Crippen molar-refractivity contribution in [3.63, 3.8) is 0 Å². The van der Waals surface area contributed by atoms with Crippen molar-refractivity contribution in [2.75, 3.05) is 19.7 Å². The molecule has 1 saturated heterocycles. The molecule has 5 heteroatoms. The SMILES string of the molecule is CC1NCC(=O)N(CCCO)C1=O. The number of piperazine rings is 1. The second-order valence-electron chi connectivity index (χ2n) is 3.06. The van der Waals surface area contributed by atoms with E-state index < -0.39 is 0 Å². The van der Waals surface area contributed by atoms with Gasteiger partial charge in [-0.15, -0.1) is 0 Å². The molecular formula is C8H14N2O3. The van der Waals surface area contributed by atoms with E-state index in [2.05, 4.69) is 5.32 Å². The van der Waals surface area contributed by atoms with Crippen molar-refractivity contribution >= 4 is 11.8 Å². The van der Waals surface area contributed by atoms with Crippen molar-refractivity contribution in [2.45, 2.75) is 19.4 Å². The van der Waals surface area contributed by atoms with Crippen molar-refractivity contribution < 1.29 is 14.7 Å². The largest absolute Gasteiger partial charge is 0.396 e. The van der Waals surface area contributed by atoms with Gasteiger partial charge in [-0.3, -0.25) is 19.8 Å². The predicted octanol–water partition coefficient (Wildman–Crippen LogP) is -1.28. The molecule has 1 heterocycles. The molecule has 0 aromatic rings. The van der Waals surface area contributed by atoms with E-state index >= 15 is 0 Å². The van der Waals surface area contributed by atoms with Crippen molar-refractivity contribution in [3.8, 4) is 0 Å². The molecule has 1 aliphatic rings. The zero-order valence-electron chi connectivity index (χ0n) is 7.62. The van der Waals surface area contributed by atoms with E-state index in [1.54, 1.807) is 6.92 Å². The fourth-order valence-electron chi connectivity index (χ4n) is 1.24. The van der Waals surface area contributed by atoms with Gasteiger partial charge >= 0.3 is 0 Å². The molecule has 0 saturated carbocycles. The van der Waals surface area contributed by atoms with E-state index in [-0.39, 0.29) is 31.0 Å². The maximum atomic E-state index is 11.4. The number of amides is 2. The summed E-state index contributed by atoms with van der Waals surface area (Å²) < 4.78 is 0. The molecule has 2 amide bonds. The topological polar surface area (TPSA) is 69.6 Å². The first kappa shape index (κ1) is 10.1. The fourth-order valence-corrected chi connectivity index (χ4v) is 1.24. The minimum absolute atomic E-state index is 0.00112. The summed E-state index contributed by atoms with van der Waals surface area (Å²) in [5.41, 5.74) is 0. The number of aliphatic hydroxyl groups is 1. The molecule has 1 unspecified atom stereocenters. The van der Waals surface area contributed by atoms with E-state index in [4.69, 9.17) is 5.11 Å². The van der Waals surface area contributed by atoms with Crippen LogP contribution < -0.4 is 5.32 Å². The zero-order valence-corrected chi connectivity index (χ0v) is 7.62. The van der Waals surface area contributed by atoms with E-state index in [9.17, 15) is 9.59 Å². The monoisotopic (exact) mass is 186 g/mol. The van der Waals surface area contributed by atoms with Gasteiger partial charge in [-0.1, -0.05) is 0 Å². The Bertz CT molecular complexity index is 217. The Kier molecular flexibility index (Phi) is 3.39. The van der Waals surface area contributed by atoms with Crippen LogP contribution in [0.1, 0.15) is 13.3 Å². The Balaban J connectivity index is 2.56. The Morgan fingerprint density at radius 2 is 2.31 bits per heavy atom. The molecule has 2 N–H and O–H groups in total. The summed E-state index contributed by atoms with van der Waals surface area (Å²) in [5, 5.41) is 11.4. The summed E-state index contributed by atoms with van der Waals surface area (Å²) in [5.74, 6) is -0.416. The van der Waals surface area contributed by atoms with E-state index in [1.165, 1.54) is 4.90 Å². The first-order valence-electron chi connectivity index (χ1n) is 4.35. The highest BCUT2D eigenvalue weighted by Gasteiger charge is 2.30. The molecule has 0 aromatic carbocycles. The van der Waals surface area contributed by atoms with Crippen LogP contribution in [0.2, 0.25) is 0 Å². The molecule has 1 atom stereocenters. The van der Waals surface area contributed by atoms with Crippen LogP contribution in [0.3, 0.4) is 0 Å². The van der Waals surface area contributed by atoms with Crippen LogP contribution in [-0.2, 0) is 9.59 Å². The standard InChI is InChI=1S/C8H14N2O3/c1-6-8(13)10(3-2-4-11)7(12)5-9-6/h6,9,11H,2-5H2,1H3. The van der Waals surface area contributed by atoms with Gasteiger partial charge in [0.15, 0.2) is 0 Å². The number of rotatable bonds is 3. The molecule has 0 spiro atoms. The van der Waals surface area contributed by atoms with E-state index in [0.29, 0.717) is 13.0 Å². The molecule has 74 valence electrons. The van der Waals surface area contributed by atoms with Gasteiger partial charge in [-0.25, -0.2) is 0 Å². The smallest absolute Gasteiger partial charge is 0.246 e. The lowest BCUT2D eigenvalue weighted by molar-refractivity contribution is -0.149. The van der Waals surface area contributed by atoms with Gasteiger partial charge in [0, 0.05) is 13.2 Å². The summed E-state index contributed by atoms with van der Waals surface area (Å²) >= 11 is 0. The summed E-state index contributed by atoms with van der Waals surface area (Å²) in [6.45, 7) is 2.25. The van der Waals surface area contributed by atoms with Gasteiger partial charge in [-0.2, -0.15) is 0 Å². The number of hydrogen-bond acceptors (Lipinski definition) is 4. The van der Waals surface area contributed by atoms with Gasteiger partial charge in [0.25, 0.3) is 0 Å². The Hall–Kier alpha value is -0.940. The number of hydrogen-bond donors (Lipinski definition) is 2.